The number of nitrogens with zero attached hydrogens (tertiary/aromatic N) is 3. The molecular weight excluding hydrogens is 638 g/mol. The Hall–Kier alpha value is -3.98. The Bertz CT molecular complexity index is 1600. The summed E-state index contributed by atoms with van der Waals surface area (Å²) >= 11 is 0. The quantitative estimate of drug-likeness (QED) is 0.293. The highest BCUT2D eigenvalue weighted by Crippen LogP contribution is 2.43. The van der Waals surface area contributed by atoms with Crippen molar-refractivity contribution < 1.29 is 19.2 Å². The lowest BCUT2D eigenvalue weighted by Gasteiger charge is -2.41. The lowest BCUT2D eigenvalue weighted by atomic mass is 9.84. The molecule has 2 fully saturated rings. The van der Waals surface area contributed by atoms with Crippen molar-refractivity contribution in [3.05, 3.63) is 71.3 Å². The highest BCUT2D eigenvalue weighted by molar-refractivity contribution is 5.98. The molecule has 0 radical (unpaired) electrons. The second-order valence-corrected chi connectivity index (χ2v) is 16.5. The van der Waals surface area contributed by atoms with Gasteiger partial charge in [-0.25, -0.2) is 0 Å². The van der Waals surface area contributed by atoms with Crippen LogP contribution in [0.1, 0.15) is 105 Å². The molecule has 4 atom stereocenters. The second-order valence-electron chi connectivity index (χ2n) is 16.5. The van der Waals surface area contributed by atoms with Gasteiger partial charge in [-0.05, 0) is 86.6 Å². The first-order valence-electron chi connectivity index (χ1n) is 18.9. The maximum Gasteiger partial charge on any atom is 0.249 e. The van der Waals surface area contributed by atoms with Gasteiger partial charge in [-0.2, -0.15) is 0 Å². The zero-order chi connectivity index (χ0) is 37.2. The van der Waals surface area contributed by atoms with Crippen molar-refractivity contribution in [3.8, 4) is 11.1 Å². The van der Waals surface area contributed by atoms with Crippen LogP contribution in [-0.2, 0) is 19.2 Å². The minimum atomic E-state index is -0.742. The average Bonchev–Trinajstić information content (AvgIpc) is 3.71. The van der Waals surface area contributed by atoms with Crippen molar-refractivity contribution in [2.45, 2.75) is 124 Å². The van der Waals surface area contributed by atoms with Gasteiger partial charge in [0, 0.05) is 25.2 Å². The van der Waals surface area contributed by atoms with Gasteiger partial charge in [-0.3, -0.25) is 24.1 Å². The Morgan fingerprint density at radius 2 is 1.41 bits per heavy atom. The van der Waals surface area contributed by atoms with E-state index in [9.17, 15) is 19.2 Å². The number of benzene rings is 2. The van der Waals surface area contributed by atoms with Crippen molar-refractivity contribution in [3.63, 3.8) is 0 Å². The molecule has 1 unspecified atom stereocenters. The number of hydrogen-bond acceptors (Lipinski definition) is 5. The third kappa shape index (κ3) is 8.09. The molecular formula is C42H59N5O4. The van der Waals surface area contributed by atoms with E-state index in [-0.39, 0.29) is 47.7 Å². The van der Waals surface area contributed by atoms with Crippen molar-refractivity contribution in [2.24, 2.45) is 11.3 Å². The van der Waals surface area contributed by atoms with Crippen molar-refractivity contribution in [1.29, 1.82) is 0 Å². The van der Waals surface area contributed by atoms with E-state index in [1.54, 1.807) is 23.8 Å². The molecule has 2 aliphatic heterocycles. The summed E-state index contributed by atoms with van der Waals surface area (Å²) in [6, 6.07) is 14.3. The van der Waals surface area contributed by atoms with E-state index in [0.29, 0.717) is 18.5 Å². The van der Waals surface area contributed by atoms with E-state index >= 15 is 0 Å². The summed E-state index contributed by atoms with van der Waals surface area (Å²) in [5.74, 6) is -0.647. The van der Waals surface area contributed by atoms with Gasteiger partial charge >= 0.3 is 0 Å². The fourth-order valence-electron chi connectivity index (χ4n) is 8.23. The van der Waals surface area contributed by atoms with Crippen LogP contribution in [0.4, 0.5) is 0 Å². The Morgan fingerprint density at radius 1 is 0.824 bits per heavy atom. The van der Waals surface area contributed by atoms with E-state index in [1.807, 2.05) is 65.0 Å². The summed E-state index contributed by atoms with van der Waals surface area (Å²) in [5, 5.41) is 6.44. The number of rotatable bonds is 10. The minimum absolute atomic E-state index is 0.00651. The lowest BCUT2D eigenvalue weighted by Crippen LogP contribution is -2.60. The van der Waals surface area contributed by atoms with Gasteiger partial charge in [0.15, 0.2) is 0 Å². The summed E-state index contributed by atoms with van der Waals surface area (Å²) in [6.07, 6.45) is 6.04. The summed E-state index contributed by atoms with van der Waals surface area (Å²) in [7, 11) is 1.76. The van der Waals surface area contributed by atoms with Gasteiger partial charge in [-0.1, -0.05) is 95.6 Å². The zero-order valence-electron chi connectivity index (χ0n) is 32.2. The van der Waals surface area contributed by atoms with Gasteiger partial charge in [0.25, 0.3) is 0 Å². The van der Waals surface area contributed by atoms with Crippen LogP contribution in [0, 0.1) is 11.3 Å². The number of carbonyl (C=O) groups is 4. The molecule has 2 aromatic carbocycles. The molecule has 4 amide bonds. The summed E-state index contributed by atoms with van der Waals surface area (Å²) in [4.78, 5) is 61.6. The number of nitrogens with one attached hydrogen (secondary N) is 2. The first kappa shape index (κ1) is 38.3. The van der Waals surface area contributed by atoms with E-state index in [2.05, 4.69) is 53.6 Å². The topological polar surface area (TPSA) is 102 Å². The minimum Gasteiger partial charge on any atom is -0.343 e. The first-order valence-corrected chi connectivity index (χ1v) is 18.9. The summed E-state index contributed by atoms with van der Waals surface area (Å²) < 4.78 is 0. The molecule has 9 heteroatoms. The number of fused-ring (bicyclic) bond motifs is 3. The molecule has 51 heavy (non-hydrogen) atoms. The van der Waals surface area contributed by atoms with Gasteiger partial charge < -0.3 is 20.4 Å². The molecule has 2 heterocycles. The monoisotopic (exact) mass is 697 g/mol. The maximum absolute atomic E-state index is 14.3. The van der Waals surface area contributed by atoms with Crippen molar-refractivity contribution >= 4 is 23.6 Å². The second kappa shape index (κ2) is 15.7. The van der Waals surface area contributed by atoms with E-state index in [4.69, 9.17) is 0 Å². The van der Waals surface area contributed by atoms with Crippen LogP contribution < -0.4 is 10.6 Å². The predicted octanol–water partition coefficient (Wildman–Crippen LogP) is 6.09. The number of piperidine rings is 1. The summed E-state index contributed by atoms with van der Waals surface area (Å²) in [6.45, 7) is 17.3. The predicted molar refractivity (Wildman–Crippen MR) is 203 cm³/mol. The third-order valence-corrected chi connectivity index (χ3v) is 11.1. The van der Waals surface area contributed by atoms with Gasteiger partial charge in [0.05, 0.1) is 18.1 Å². The lowest BCUT2D eigenvalue weighted by molar-refractivity contribution is -0.142. The first-order chi connectivity index (χ1) is 24.1. The zero-order valence-corrected chi connectivity index (χ0v) is 32.2. The molecule has 2 aromatic rings. The third-order valence-electron chi connectivity index (χ3n) is 11.1. The van der Waals surface area contributed by atoms with Crippen LogP contribution in [0.2, 0.25) is 0 Å². The van der Waals surface area contributed by atoms with Crippen molar-refractivity contribution in [1.82, 2.24) is 25.3 Å². The molecule has 276 valence electrons. The van der Waals surface area contributed by atoms with Crippen LogP contribution in [0.25, 0.3) is 11.1 Å². The van der Waals surface area contributed by atoms with Crippen molar-refractivity contribution in [2.75, 3.05) is 20.1 Å². The summed E-state index contributed by atoms with van der Waals surface area (Å²) in [5.41, 5.74) is 4.32. The smallest absolute Gasteiger partial charge is 0.249 e. The number of hydrogen-bond donors (Lipinski definition) is 2. The van der Waals surface area contributed by atoms with E-state index in [1.165, 1.54) is 0 Å². The van der Waals surface area contributed by atoms with Gasteiger partial charge in [0.1, 0.15) is 12.1 Å². The Labute approximate surface area is 305 Å². The Balaban J connectivity index is 1.31. The molecule has 0 spiro atoms. The molecule has 5 rings (SSSR count). The largest absolute Gasteiger partial charge is 0.343 e. The molecule has 3 aliphatic rings. The fraction of sp³-hybridized carbons (Fsp3) is 0.571. The number of carbonyl (C=O) groups excluding carboxylic acids is 4. The van der Waals surface area contributed by atoms with Crippen LogP contribution in [-0.4, -0.2) is 88.7 Å². The van der Waals surface area contributed by atoms with E-state index < -0.39 is 23.5 Å². The van der Waals surface area contributed by atoms with Gasteiger partial charge in [0.2, 0.25) is 23.6 Å². The number of amides is 4. The Morgan fingerprint density at radius 3 is 1.98 bits per heavy atom. The molecule has 0 saturated carbocycles. The highest BCUT2D eigenvalue weighted by atomic mass is 16.2. The molecule has 1 aliphatic carbocycles. The van der Waals surface area contributed by atoms with Crippen LogP contribution in [0.3, 0.4) is 0 Å². The number of likely N-dealkylation sites (N-methyl/N-ethyl adjacent to an activating group) is 1. The van der Waals surface area contributed by atoms with Gasteiger partial charge in [-0.15, -0.1) is 0 Å². The molecule has 9 nitrogen and oxygen atoms in total. The molecule has 2 N–H and O–H groups in total. The van der Waals surface area contributed by atoms with Crippen LogP contribution in [0.5, 0.6) is 0 Å². The standard InChI is InChI=1S/C42H59N5O4/c1-26(2)35(45(9)41(51)37(42(6,7)8)44-39(49)33-21-14-15-23-46(33)27(3)4)25-28(5)40(50)47-24-16-22-34(47)38(48)43-36-31-19-12-10-17-29(31)30-18-11-13-20-32(30)36/h10-13,17-20,25-27,33-37H,14-16,21-24H2,1-9H3,(H,43,48)(H,44,49)/t33?,34-,35+,37+/m0/s1. The fourth-order valence-corrected chi connectivity index (χ4v) is 8.23. The van der Waals surface area contributed by atoms with E-state index in [0.717, 1.165) is 54.5 Å². The van der Waals surface area contributed by atoms with Crippen LogP contribution >= 0.6 is 0 Å². The number of likely N-dealkylation sites (tertiary alicyclic amines) is 2. The van der Waals surface area contributed by atoms with Crippen LogP contribution in [0.15, 0.2) is 60.2 Å². The Kier molecular flexibility index (Phi) is 11.8. The highest BCUT2D eigenvalue weighted by Gasteiger charge is 2.41. The molecule has 2 saturated heterocycles. The maximum atomic E-state index is 14.3. The average molecular weight is 698 g/mol. The SMILES string of the molecule is CC(=C[C@H](C(C)C)N(C)C(=O)[C@@H](NC(=O)C1CCCCN1C(C)C)C(C)(C)C)C(=O)N1CCC[C@H]1C(=O)NC1c2ccccc2-c2ccccc21. The molecule has 0 bridgehead atoms. The molecule has 0 aromatic heterocycles. The normalized spacial score (nSPS) is 20.9.